The van der Waals surface area contributed by atoms with Crippen molar-refractivity contribution in [1.29, 1.82) is 0 Å². The SMILES string of the molecule is C#CCOc1ccc(C=NNC(=O)COc2ccccc2[C@H]2NC(=S)NC(C)=C2C(=O)OCC)cc1OC. The van der Waals surface area contributed by atoms with Gasteiger partial charge in [-0.25, -0.2) is 10.2 Å². The molecule has 1 heterocycles. The Labute approximate surface area is 226 Å². The Morgan fingerprint density at radius 3 is 2.71 bits per heavy atom. The van der Waals surface area contributed by atoms with Crippen molar-refractivity contribution in [2.45, 2.75) is 19.9 Å². The third-order valence-electron chi connectivity index (χ3n) is 5.25. The largest absolute Gasteiger partial charge is 0.493 e. The van der Waals surface area contributed by atoms with Crippen LogP contribution in [0.1, 0.15) is 31.0 Å². The topological polar surface area (TPSA) is 120 Å². The minimum Gasteiger partial charge on any atom is -0.493 e. The summed E-state index contributed by atoms with van der Waals surface area (Å²) in [5.41, 5.74) is 4.66. The van der Waals surface area contributed by atoms with Crippen LogP contribution in [0.15, 0.2) is 58.8 Å². The second-order valence-corrected chi connectivity index (χ2v) is 8.22. The molecular formula is C27H28N4O6S. The average Bonchev–Trinajstić information content (AvgIpc) is 2.90. The summed E-state index contributed by atoms with van der Waals surface area (Å²) in [7, 11) is 1.51. The molecule has 1 aliphatic heterocycles. The van der Waals surface area contributed by atoms with Crippen molar-refractivity contribution < 1.29 is 28.5 Å². The van der Waals surface area contributed by atoms with Crippen molar-refractivity contribution in [2.24, 2.45) is 5.10 Å². The number of ether oxygens (including phenoxy) is 4. The van der Waals surface area contributed by atoms with Crippen LogP contribution < -0.4 is 30.3 Å². The van der Waals surface area contributed by atoms with Crippen LogP contribution in [0.2, 0.25) is 0 Å². The van der Waals surface area contributed by atoms with Crippen molar-refractivity contribution in [3.63, 3.8) is 0 Å². The summed E-state index contributed by atoms with van der Waals surface area (Å²) in [5, 5.41) is 10.4. The molecule has 0 unspecified atom stereocenters. The highest BCUT2D eigenvalue weighted by Gasteiger charge is 2.32. The summed E-state index contributed by atoms with van der Waals surface area (Å²) in [6, 6.07) is 11.6. The van der Waals surface area contributed by atoms with E-state index in [9.17, 15) is 9.59 Å². The van der Waals surface area contributed by atoms with Crippen LogP contribution in [0, 0.1) is 12.3 Å². The number of nitrogens with one attached hydrogen (secondary N) is 3. The fourth-order valence-electron chi connectivity index (χ4n) is 3.61. The lowest BCUT2D eigenvalue weighted by Crippen LogP contribution is -2.45. The van der Waals surface area contributed by atoms with Crippen LogP contribution in [0.3, 0.4) is 0 Å². The van der Waals surface area contributed by atoms with Gasteiger partial charge in [0.05, 0.1) is 31.5 Å². The summed E-state index contributed by atoms with van der Waals surface area (Å²) in [4.78, 5) is 25.1. The fourth-order valence-corrected chi connectivity index (χ4v) is 3.89. The predicted octanol–water partition coefficient (Wildman–Crippen LogP) is 2.59. The molecule has 0 radical (unpaired) electrons. The molecule has 11 heteroatoms. The first-order chi connectivity index (χ1) is 18.4. The highest BCUT2D eigenvalue weighted by molar-refractivity contribution is 7.80. The number of amides is 1. The number of thiocarbonyl (C=S) groups is 1. The van der Waals surface area contributed by atoms with Crippen LogP contribution in [0.4, 0.5) is 0 Å². The molecule has 0 aromatic heterocycles. The van der Waals surface area contributed by atoms with Crippen molar-refractivity contribution in [1.82, 2.24) is 16.1 Å². The second kappa shape index (κ2) is 13.7. The van der Waals surface area contributed by atoms with E-state index >= 15 is 0 Å². The number of terminal acetylenes is 1. The summed E-state index contributed by atoms with van der Waals surface area (Å²) >= 11 is 5.29. The molecule has 2 aromatic rings. The highest BCUT2D eigenvalue weighted by atomic mass is 32.1. The van der Waals surface area contributed by atoms with Gasteiger partial charge in [-0.3, -0.25) is 4.79 Å². The van der Waals surface area contributed by atoms with Gasteiger partial charge in [-0.1, -0.05) is 24.1 Å². The maximum Gasteiger partial charge on any atom is 0.338 e. The van der Waals surface area contributed by atoms with Gasteiger partial charge in [0.25, 0.3) is 5.91 Å². The monoisotopic (exact) mass is 536 g/mol. The van der Waals surface area contributed by atoms with Gasteiger partial charge >= 0.3 is 5.97 Å². The quantitative estimate of drug-likeness (QED) is 0.131. The van der Waals surface area contributed by atoms with Crippen molar-refractivity contribution in [3.8, 4) is 29.6 Å². The number of rotatable bonds is 11. The van der Waals surface area contributed by atoms with E-state index in [4.69, 9.17) is 37.6 Å². The van der Waals surface area contributed by atoms with Crippen molar-refractivity contribution in [2.75, 3.05) is 26.9 Å². The molecule has 38 heavy (non-hydrogen) atoms. The number of nitrogens with zero attached hydrogens (tertiary/aromatic N) is 1. The number of hydrogen-bond acceptors (Lipinski definition) is 8. The zero-order valence-corrected chi connectivity index (χ0v) is 22.0. The Morgan fingerprint density at radius 2 is 1.97 bits per heavy atom. The molecule has 1 atom stereocenters. The number of esters is 1. The lowest BCUT2D eigenvalue weighted by Gasteiger charge is -2.30. The van der Waals surface area contributed by atoms with E-state index < -0.39 is 17.9 Å². The van der Waals surface area contributed by atoms with Crippen molar-refractivity contribution in [3.05, 3.63) is 64.9 Å². The van der Waals surface area contributed by atoms with Gasteiger partial charge in [-0.15, -0.1) is 6.42 Å². The Kier molecular flexibility index (Phi) is 10.1. The molecule has 1 aliphatic rings. The van der Waals surface area contributed by atoms with Gasteiger partial charge in [-0.05, 0) is 55.9 Å². The van der Waals surface area contributed by atoms with Gasteiger partial charge in [0.15, 0.2) is 23.2 Å². The van der Waals surface area contributed by atoms with Gasteiger partial charge in [0.1, 0.15) is 12.4 Å². The summed E-state index contributed by atoms with van der Waals surface area (Å²) < 4.78 is 21.7. The second-order valence-electron chi connectivity index (χ2n) is 7.81. The van der Waals surface area contributed by atoms with Crippen LogP contribution in [-0.2, 0) is 14.3 Å². The molecule has 0 aliphatic carbocycles. The van der Waals surface area contributed by atoms with E-state index in [1.54, 1.807) is 56.3 Å². The summed E-state index contributed by atoms with van der Waals surface area (Å²) in [6.07, 6.45) is 6.68. The fraction of sp³-hybridized carbons (Fsp3) is 0.259. The summed E-state index contributed by atoms with van der Waals surface area (Å²) in [6.45, 7) is 3.50. The maximum absolute atomic E-state index is 12.7. The number of hydrogen-bond donors (Lipinski definition) is 3. The van der Waals surface area contributed by atoms with Gasteiger partial charge < -0.3 is 29.6 Å². The number of benzene rings is 2. The predicted molar refractivity (Wildman–Crippen MR) is 146 cm³/mol. The average molecular weight is 537 g/mol. The molecule has 0 saturated heterocycles. The minimum atomic E-state index is -0.623. The molecular weight excluding hydrogens is 508 g/mol. The van der Waals surface area contributed by atoms with E-state index in [0.717, 1.165) is 0 Å². The number of carbonyl (C=O) groups excluding carboxylic acids is 2. The Bertz CT molecular complexity index is 1300. The zero-order valence-electron chi connectivity index (χ0n) is 21.2. The first kappa shape index (κ1) is 28.0. The van der Waals surface area contributed by atoms with Crippen molar-refractivity contribution >= 4 is 35.4 Å². The maximum atomic E-state index is 12.7. The standard InChI is InChI=1S/C27H28N4O6S/c1-5-13-36-21-12-11-18(14-22(21)34-4)15-28-31-23(32)16-37-20-10-8-7-9-19(20)25-24(26(33)35-6-2)17(3)29-27(38)30-25/h1,7-12,14-15,25H,6,13,16H2,2-4H3,(H,31,32)(H2,29,30,38)/t25-/m1/s1. The molecule has 0 bridgehead atoms. The smallest absolute Gasteiger partial charge is 0.338 e. The Balaban J connectivity index is 1.67. The Hall–Kier alpha value is -4.56. The third-order valence-corrected chi connectivity index (χ3v) is 5.47. The first-order valence-electron chi connectivity index (χ1n) is 11.6. The molecule has 0 fully saturated rings. The molecule has 3 N–H and O–H groups in total. The van der Waals surface area contributed by atoms with E-state index in [0.29, 0.717) is 44.8 Å². The molecule has 3 rings (SSSR count). The molecule has 0 saturated carbocycles. The summed E-state index contributed by atoms with van der Waals surface area (Å²) in [5.74, 6) is 2.81. The molecule has 198 valence electrons. The van der Waals surface area contributed by atoms with Gasteiger partial charge in [-0.2, -0.15) is 5.10 Å². The van der Waals surface area contributed by atoms with Gasteiger partial charge in [0, 0.05) is 11.3 Å². The number of hydrazone groups is 1. The van der Waals surface area contributed by atoms with Crippen LogP contribution in [-0.4, -0.2) is 50.1 Å². The highest BCUT2D eigenvalue weighted by Crippen LogP contribution is 2.33. The number of allylic oxidation sites excluding steroid dienone is 1. The van der Waals surface area contributed by atoms with Crippen LogP contribution in [0.25, 0.3) is 0 Å². The lowest BCUT2D eigenvalue weighted by atomic mass is 9.95. The molecule has 1 amide bonds. The van der Waals surface area contributed by atoms with Gasteiger partial charge in [0.2, 0.25) is 0 Å². The van der Waals surface area contributed by atoms with E-state index in [2.05, 4.69) is 27.1 Å². The first-order valence-corrected chi connectivity index (χ1v) is 12.0. The minimum absolute atomic E-state index is 0.114. The van der Waals surface area contributed by atoms with E-state index in [-0.39, 0.29) is 19.8 Å². The zero-order chi connectivity index (χ0) is 27.5. The third kappa shape index (κ3) is 7.24. The van der Waals surface area contributed by atoms with E-state index in [1.165, 1.54) is 13.3 Å². The normalized spacial score (nSPS) is 14.7. The number of para-hydroxylation sites is 1. The lowest BCUT2D eigenvalue weighted by molar-refractivity contribution is -0.139. The number of methoxy groups -OCH3 is 1. The molecule has 2 aromatic carbocycles. The Morgan fingerprint density at radius 1 is 1.18 bits per heavy atom. The molecule has 10 nitrogen and oxygen atoms in total. The van der Waals surface area contributed by atoms with Crippen LogP contribution >= 0.6 is 12.2 Å². The number of carbonyl (C=O) groups is 2. The van der Waals surface area contributed by atoms with Crippen LogP contribution in [0.5, 0.6) is 17.2 Å². The van der Waals surface area contributed by atoms with E-state index in [1.807, 2.05) is 0 Å². The molecule has 0 spiro atoms.